The van der Waals surface area contributed by atoms with Crippen LogP contribution in [0, 0.1) is 6.92 Å². The van der Waals surface area contributed by atoms with E-state index in [1.807, 2.05) is 36.1 Å². The highest BCUT2D eigenvalue weighted by atomic mass is 16.5. The van der Waals surface area contributed by atoms with Crippen molar-refractivity contribution in [3.8, 4) is 0 Å². The summed E-state index contributed by atoms with van der Waals surface area (Å²) in [6.07, 6.45) is 2.78. The van der Waals surface area contributed by atoms with Crippen LogP contribution in [0.2, 0.25) is 0 Å². The number of carbonyl (C=O) groups is 1. The Morgan fingerprint density at radius 2 is 1.90 bits per heavy atom. The Morgan fingerprint density at radius 3 is 2.52 bits per heavy atom. The van der Waals surface area contributed by atoms with Crippen LogP contribution in [0.1, 0.15) is 28.8 Å². The molecule has 2 saturated heterocycles. The number of ether oxygens (including phenoxy) is 1. The van der Waals surface area contributed by atoms with Crippen LogP contribution in [-0.2, 0) is 4.74 Å². The highest BCUT2D eigenvalue weighted by Gasteiger charge is 2.25. The van der Waals surface area contributed by atoms with Crippen LogP contribution in [-0.4, -0.2) is 61.1 Å². The minimum atomic E-state index is 0.159. The Hall–Kier alpha value is -1.39. The minimum absolute atomic E-state index is 0.159. The van der Waals surface area contributed by atoms with Crippen LogP contribution in [0.3, 0.4) is 0 Å². The van der Waals surface area contributed by atoms with E-state index in [-0.39, 0.29) is 5.91 Å². The van der Waals surface area contributed by atoms with Gasteiger partial charge in [-0.2, -0.15) is 0 Å². The predicted octanol–water partition coefficient (Wildman–Crippen LogP) is 1.93. The highest BCUT2D eigenvalue weighted by Crippen LogP contribution is 2.15. The van der Waals surface area contributed by atoms with Crippen molar-refractivity contribution in [2.75, 3.05) is 39.3 Å². The van der Waals surface area contributed by atoms with Crippen molar-refractivity contribution < 1.29 is 9.53 Å². The zero-order chi connectivity index (χ0) is 14.7. The van der Waals surface area contributed by atoms with Crippen molar-refractivity contribution in [3.05, 3.63) is 35.4 Å². The quantitative estimate of drug-likeness (QED) is 0.852. The molecule has 0 spiro atoms. The third-order valence-electron chi connectivity index (χ3n) is 4.44. The maximum Gasteiger partial charge on any atom is 0.253 e. The van der Waals surface area contributed by atoms with Crippen molar-refractivity contribution >= 4 is 5.91 Å². The summed E-state index contributed by atoms with van der Waals surface area (Å²) in [5, 5.41) is 0. The van der Waals surface area contributed by atoms with Gasteiger partial charge < -0.3 is 9.64 Å². The molecule has 4 nitrogen and oxygen atoms in total. The van der Waals surface area contributed by atoms with Crippen LogP contribution in [0.5, 0.6) is 0 Å². The van der Waals surface area contributed by atoms with Gasteiger partial charge >= 0.3 is 0 Å². The number of hydrogen-bond acceptors (Lipinski definition) is 3. The lowest BCUT2D eigenvalue weighted by molar-refractivity contribution is 0.0433. The zero-order valence-corrected chi connectivity index (χ0v) is 12.8. The molecule has 21 heavy (non-hydrogen) atoms. The van der Waals surface area contributed by atoms with Crippen LogP contribution < -0.4 is 0 Å². The number of rotatable bonds is 3. The topological polar surface area (TPSA) is 32.8 Å². The molecule has 2 aliphatic heterocycles. The Morgan fingerprint density at radius 1 is 1.19 bits per heavy atom. The molecule has 1 unspecified atom stereocenters. The fourth-order valence-electron chi connectivity index (χ4n) is 3.09. The Bertz CT molecular complexity index is 472. The van der Waals surface area contributed by atoms with Gasteiger partial charge in [0, 0.05) is 44.9 Å². The summed E-state index contributed by atoms with van der Waals surface area (Å²) in [5.41, 5.74) is 1.99. The van der Waals surface area contributed by atoms with Crippen molar-refractivity contribution in [1.82, 2.24) is 9.80 Å². The number of hydrogen-bond donors (Lipinski definition) is 0. The number of nitrogens with zero attached hydrogens (tertiary/aromatic N) is 2. The number of piperazine rings is 1. The lowest BCUT2D eigenvalue weighted by atomic mass is 10.1. The summed E-state index contributed by atoms with van der Waals surface area (Å²) in [5.74, 6) is 0.159. The molecule has 2 heterocycles. The standard InChI is InChI=1S/C17H24N2O2/c1-14-4-6-15(7-5-14)17(20)19-10-8-18(9-11-19)13-16-3-2-12-21-16/h4-7,16H,2-3,8-13H2,1H3. The molecule has 2 aliphatic rings. The van der Waals surface area contributed by atoms with Crippen molar-refractivity contribution in [1.29, 1.82) is 0 Å². The summed E-state index contributed by atoms with van der Waals surface area (Å²) in [6, 6.07) is 7.86. The Kier molecular flexibility index (Phi) is 4.56. The molecule has 0 aromatic heterocycles. The highest BCUT2D eigenvalue weighted by molar-refractivity contribution is 5.94. The molecule has 0 saturated carbocycles. The van der Waals surface area contributed by atoms with Crippen molar-refractivity contribution in [3.63, 3.8) is 0 Å². The first-order valence-electron chi connectivity index (χ1n) is 7.92. The second-order valence-corrected chi connectivity index (χ2v) is 6.09. The van der Waals surface area contributed by atoms with Gasteiger partial charge in [0.05, 0.1) is 6.10 Å². The van der Waals surface area contributed by atoms with E-state index in [0.29, 0.717) is 6.10 Å². The molecule has 0 N–H and O–H groups in total. The Balaban J connectivity index is 1.50. The second kappa shape index (κ2) is 6.58. The Labute approximate surface area is 126 Å². The van der Waals surface area contributed by atoms with Gasteiger partial charge in [-0.25, -0.2) is 0 Å². The number of aryl methyl sites for hydroxylation is 1. The molecule has 114 valence electrons. The van der Waals surface area contributed by atoms with E-state index in [1.54, 1.807) is 0 Å². The molecule has 1 aromatic rings. The molecular formula is C17H24N2O2. The maximum absolute atomic E-state index is 12.4. The van der Waals surface area contributed by atoms with E-state index in [0.717, 1.165) is 44.9 Å². The van der Waals surface area contributed by atoms with E-state index in [1.165, 1.54) is 18.4 Å². The predicted molar refractivity (Wildman–Crippen MR) is 82.5 cm³/mol. The molecule has 0 radical (unpaired) electrons. The summed E-state index contributed by atoms with van der Waals surface area (Å²) in [4.78, 5) is 16.8. The normalized spacial score (nSPS) is 23.5. The second-order valence-electron chi connectivity index (χ2n) is 6.09. The summed E-state index contributed by atoms with van der Waals surface area (Å²) >= 11 is 0. The summed E-state index contributed by atoms with van der Waals surface area (Å²) < 4.78 is 5.69. The fourth-order valence-corrected chi connectivity index (χ4v) is 3.09. The largest absolute Gasteiger partial charge is 0.377 e. The molecule has 0 bridgehead atoms. The van der Waals surface area contributed by atoms with Crippen LogP contribution >= 0.6 is 0 Å². The third-order valence-corrected chi connectivity index (χ3v) is 4.44. The van der Waals surface area contributed by atoms with E-state index < -0.39 is 0 Å². The summed E-state index contributed by atoms with van der Waals surface area (Å²) in [6.45, 7) is 7.52. The first-order valence-corrected chi connectivity index (χ1v) is 7.92. The molecule has 1 atom stereocenters. The van der Waals surface area contributed by atoms with Gasteiger partial charge in [-0.05, 0) is 31.9 Å². The third kappa shape index (κ3) is 3.63. The van der Waals surface area contributed by atoms with E-state index in [2.05, 4.69) is 4.90 Å². The average molecular weight is 288 g/mol. The fraction of sp³-hybridized carbons (Fsp3) is 0.588. The van der Waals surface area contributed by atoms with Crippen LogP contribution in [0.4, 0.5) is 0 Å². The smallest absolute Gasteiger partial charge is 0.253 e. The lowest BCUT2D eigenvalue weighted by Crippen LogP contribution is -2.50. The van der Waals surface area contributed by atoms with Gasteiger partial charge in [0.15, 0.2) is 0 Å². The first kappa shape index (κ1) is 14.5. The van der Waals surface area contributed by atoms with Gasteiger partial charge in [-0.15, -0.1) is 0 Å². The number of carbonyl (C=O) groups excluding carboxylic acids is 1. The van der Waals surface area contributed by atoms with Gasteiger partial charge in [-0.1, -0.05) is 17.7 Å². The van der Waals surface area contributed by atoms with Gasteiger partial charge in [0.1, 0.15) is 0 Å². The molecule has 1 amide bonds. The van der Waals surface area contributed by atoms with Crippen molar-refractivity contribution in [2.24, 2.45) is 0 Å². The van der Waals surface area contributed by atoms with Gasteiger partial charge in [0.2, 0.25) is 0 Å². The van der Waals surface area contributed by atoms with Crippen molar-refractivity contribution in [2.45, 2.75) is 25.9 Å². The van der Waals surface area contributed by atoms with Crippen LogP contribution in [0.25, 0.3) is 0 Å². The molecular weight excluding hydrogens is 264 g/mol. The molecule has 3 rings (SSSR count). The SMILES string of the molecule is Cc1ccc(C(=O)N2CCN(CC3CCCO3)CC2)cc1. The lowest BCUT2D eigenvalue weighted by Gasteiger charge is -2.35. The number of benzene rings is 1. The molecule has 4 heteroatoms. The number of amides is 1. The van der Waals surface area contributed by atoms with E-state index in [9.17, 15) is 4.79 Å². The monoisotopic (exact) mass is 288 g/mol. The van der Waals surface area contributed by atoms with E-state index >= 15 is 0 Å². The average Bonchev–Trinajstić information content (AvgIpc) is 3.01. The van der Waals surface area contributed by atoms with Gasteiger partial charge in [0.25, 0.3) is 5.91 Å². The molecule has 2 fully saturated rings. The van der Waals surface area contributed by atoms with Gasteiger partial charge in [-0.3, -0.25) is 9.69 Å². The maximum atomic E-state index is 12.4. The summed E-state index contributed by atoms with van der Waals surface area (Å²) in [7, 11) is 0. The van der Waals surface area contributed by atoms with Crippen LogP contribution in [0.15, 0.2) is 24.3 Å². The zero-order valence-electron chi connectivity index (χ0n) is 12.8. The molecule has 1 aromatic carbocycles. The van der Waals surface area contributed by atoms with E-state index in [4.69, 9.17) is 4.74 Å². The molecule has 0 aliphatic carbocycles. The minimum Gasteiger partial charge on any atom is -0.377 e. The first-order chi connectivity index (χ1) is 10.2.